The molecule has 0 aliphatic carbocycles. The zero-order valence-electron chi connectivity index (χ0n) is 13.4. The van der Waals surface area contributed by atoms with Gasteiger partial charge in [0.15, 0.2) is 5.82 Å². The van der Waals surface area contributed by atoms with E-state index >= 15 is 0 Å². The Hall–Kier alpha value is -2.37. The van der Waals surface area contributed by atoms with Gasteiger partial charge in [-0.1, -0.05) is 43.3 Å². The predicted octanol–water partition coefficient (Wildman–Crippen LogP) is 2.60. The van der Waals surface area contributed by atoms with Crippen molar-refractivity contribution >= 4 is 11.8 Å². The number of anilines is 1. The summed E-state index contributed by atoms with van der Waals surface area (Å²) in [4.78, 5) is 11.8. The number of rotatable bonds is 5. The Morgan fingerprint density at radius 2 is 1.86 bits per heavy atom. The molecule has 0 saturated carbocycles. The molecule has 6 heteroatoms. The lowest BCUT2D eigenvalue weighted by atomic mass is 10.0. The number of esters is 1. The minimum Gasteiger partial charge on any atom is -0.458 e. The second kappa shape index (κ2) is 6.60. The molecule has 2 aromatic rings. The van der Waals surface area contributed by atoms with Crippen LogP contribution in [0.2, 0.25) is 0 Å². The molecule has 2 N–H and O–H groups in total. The van der Waals surface area contributed by atoms with Gasteiger partial charge in [-0.25, -0.2) is 9.48 Å². The molecule has 0 unspecified atom stereocenters. The predicted molar refractivity (Wildman–Crippen MR) is 84.6 cm³/mol. The van der Waals surface area contributed by atoms with Crippen molar-refractivity contribution in [3.05, 3.63) is 41.1 Å². The van der Waals surface area contributed by atoms with Crippen molar-refractivity contribution < 1.29 is 9.53 Å². The van der Waals surface area contributed by atoms with E-state index in [0.29, 0.717) is 12.5 Å². The van der Waals surface area contributed by atoms with Gasteiger partial charge in [-0.05, 0) is 30.9 Å². The third-order valence-electron chi connectivity index (χ3n) is 3.29. The van der Waals surface area contributed by atoms with Crippen LogP contribution in [0.4, 0.5) is 5.82 Å². The highest BCUT2D eigenvalue weighted by molar-refractivity contribution is 5.91. The van der Waals surface area contributed by atoms with Crippen LogP contribution in [0, 0.1) is 0 Å². The highest BCUT2D eigenvalue weighted by atomic mass is 16.5. The van der Waals surface area contributed by atoms with Crippen molar-refractivity contribution in [1.82, 2.24) is 15.0 Å². The number of nitrogens with zero attached hydrogens (tertiary/aromatic N) is 3. The fourth-order valence-corrected chi connectivity index (χ4v) is 2.03. The first-order chi connectivity index (χ1) is 10.4. The molecule has 1 aromatic heterocycles. The summed E-state index contributed by atoms with van der Waals surface area (Å²) >= 11 is 0. The van der Waals surface area contributed by atoms with Crippen molar-refractivity contribution in [3.8, 4) is 0 Å². The van der Waals surface area contributed by atoms with Gasteiger partial charge < -0.3 is 10.5 Å². The van der Waals surface area contributed by atoms with Crippen molar-refractivity contribution in [2.24, 2.45) is 0 Å². The van der Waals surface area contributed by atoms with Gasteiger partial charge in [-0.2, -0.15) is 0 Å². The highest BCUT2D eigenvalue weighted by Gasteiger charge is 2.19. The van der Waals surface area contributed by atoms with Gasteiger partial charge in [0.05, 0.1) is 12.6 Å². The molecular weight excluding hydrogens is 280 g/mol. The summed E-state index contributed by atoms with van der Waals surface area (Å²) in [7, 11) is 0. The average Bonchev–Trinajstić information content (AvgIpc) is 2.80. The smallest absolute Gasteiger partial charge is 0.363 e. The average molecular weight is 302 g/mol. The standard InChI is InChI=1S/C16H22N4O2/c1-10(2)13-7-5-12(6-8-13)9-20-15(17)14(18-19-20)16(21)22-11(3)4/h5-8,10-11H,9,17H2,1-4H3. The lowest BCUT2D eigenvalue weighted by Gasteiger charge is -2.08. The third kappa shape index (κ3) is 3.63. The molecule has 0 fully saturated rings. The summed E-state index contributed by atoms with van der Waals surface area (Å²) < 4.78 is 6.59. The first-order valence-electron chi connectivity index (χ1n) is 7.37. The van der Waals surface area contributed by atoms with Crippen LogP contribution >= 0.6 is 0 Å². The normalized spacial score (nSPS) is 11.2. The molecule has 0 atom stereocenters. The number of benzene rings is 1. The molecule has 118 valence electrons. The number of aromatic nitrogens is 3. The second-order valence-corrected chi connectivity index (χ2v) is 5.83. The van der Waals surface area contributed by atoms with Gasteiger partial charge in [-0.15, -0.1) is 5.10 Å². The Bertz CT molecular complexity index is 645. The third-order valence-corrected chi connectivity index (χ3v) is 3.29. The van der Waals surface area contributed by atoms with Gasteiger partial charge in [0.2, 0.25) is 5.69 Å². The summed E-state index contributed by atoms with van der Waals surface area (Å²) in [5.74, 6) is 0.162. The fourth-order valence-electron chi connectivity index (χ4n) is 2.03. The maximum Gasteiger partial charge on any atom is 0.363 e. The second-order valence-electron chi connectivity index (χ2n) is 5.83. The van der Waals surface area contributed by atoms with E-state index in [9.17, 15) is 4.79 Å². The molecule has 0 spiro atoms. The summed E-state index contributed by atoms with van der Waals surface area (Å²) in [6, 6.07) is 8.23. The number of carbonyl (C=O) groups excluding carboxylic acids is 1. The lowest BCUT2D eigenvalue weighted by molar-refractivity contribution is 0.0372. The van der Waals surface area contributed by atoms with E-state index < -0.39 is 5.97 Å². The Morgan fingerprint density at radius 3 is 2.41 bits per heavy atom. The largest absolute Gasteiger partial charge is 0.458 e. The Kier molecular flexibility index (Phi) is 4.80. The number of carbonyl (C=O) groups is 1. The van der Waals surface area contributed by atoms with Gasteiger partial charge >= 0.3 is 5.97 Å². The minimum atomic E-state index is -0.547. The number of nitrogen functional groups attached to an aromatic ring is 1. The summed E-state index contributed by atoms with van der Waals surface area (Å²) in [6.07, 6.45) is -0.222. The number of nitrogens with two attached hydrogens (primary N) is 1. The molecule has 0 radical (unpaired) electrons. The van der Waals surface area contributed by atoms with E-state index in [-0.39, 0.29) is 17.6 Å². The Labute approximate surface area is 130 Å². The van der Waals surface area contributed by atoms with Crippen LogP contribution in [-0.2, 0) is 11.3 Å². The summed E-state index contributed by atoms with van der Waals surface area (Å²) in [6.45, 7) is 8.31. The van der Waals surface area contributed by atoms with Gasteiger partial charge in [0.1, 0.15) is 0 Å². The monoisotopic (exact) mass is 302 g/mol. The molecule has 0 aliphatic heterocycles. The van der Waals surface area contributed by atoms with Crippen molar-refractivity contribution in [2.75, 3.05) is 5.73 Å². The van der Waals surface area contributed by atoms with Gasteiger partial charge in [0.25, 0.3) is 0 Å². The van der Waals surface area contributed by atoms with E-state index in [1.807, 2.05) is 12.1 Å². The number of hydrogen-bond donors (Lipinski definition) is 1. The van der Waals surface area contributed by atoms with E-state index in [4.69, 9.17) is 10.5 Å². The molecule has 0 saturated heterocycles. The van der Waals surface area contributed by atoms with Crippen molar-refractivity contribution in [3.63, 3.8) is 0 Å². The molecule has 22 heavy (non-hydrogen) atoms. The lowest BCUT2D eigenvalue weighted by Crippen LogP contribution is -2.14. The zero-order chi connectivity index (χ0) is 16.3. The summed E-state index contributed by atoms with van der Waals surface area (Å²) in [5, 5.41) is 7.76. The van der Waals surface area contributed by atoms with Crippen molar-refractivity contribution in [1.29, 1.82) is 0 Å². The maximum absolute atomic E-state index is 11.8. The van der Waals surface area contributed by atoms with E-state index in [0.717, 1.165) is 5.56 Å². The molecule has 0 amide bonds. The SMILES string of the molecule is CC(C)OC(=O)c1nnn(Cc2ccc(C(C)C)cc2)c1N. The fraction of sp³-hybridized carbons (Fsp3) is 0.438. The van der Waals surface area contributed by atoms with Crippen LogP contribution in [0.1, 0.15) is 55.2 Å². The Balaban J connectivity index is 2.14. The van der Waals surface area contributed by atoms with Gasteiger partial charge in [-0.3, -0.25) is 0 Å². The van der Waals surface area contributed by atoms with E-state index in [2.05, 4.69) is 36.3 Å². The number of ether oxygens (including phenoxy) is 1. The van der Waals surface area contributed by atoms with Crippen LogP contribution in [0.25, 0.3) is 0 Å². The van der Waals surface area contributed by atoms with Crippen LogP contribution in [-0.4, -0.2) is 27.1 Å². The van der Waals surface area contributed by atoms with Crippen LogP contribution in [0.5, 0.6) is 0 Å². The maximum atomic E-state index is 11.8. The van der Waals surface area contributed by atoms with Crippen LogP contribution < -0.4 is 5.73 Å². The molecule has 1 heterocycles. The topological polar surface area (TPSA) is 83.0 Å². The van der Waals surface area contributed by atoms with Gasteiger partial charge in [0, 0.05) is 0 Å². The molecular formula is C16H22N4O2. The Morgan fingerprint density at radius 1 is 1.23 bits per heavy atom. The summed E-state index contributed by atoms with van der Waals surface area (Å²) in [5.41, 5.74) is 8.33. The molecule has 1 aromatic carbocycles. The number of hydrogen-bond acceptors (Lipinski definition) is 5. The molecule has 2 rings (SSSR count). The highest BCUT2D eigenvalue weighted by Crippen LogP contribution is 2.17. The van der Waals surface area contributed by atoms with Crippen LogP contribution in [0.15, 0.2) is 24.3 Å². The van der Waals surface area contributed by atoms with E-state index in [1.165, 1.54) is 10.2 Å². The molecule has 6 nitrogen and oxygen atoms in total. The van der Waals surface area contributed by atoms with Crippen LogP contribution in [0.3, 0.4) is 0 Å². The first-order valence-corrected chi connectivity index (χ1v) is 7.37. The first kappa shape index (κ1) is 16.0. The quantitative estimate of drug-likeness (QED) is 0.858. The minimum absolute atomic E-state index is 0.0625. The van der Waals surface area contributed by atoms with Crippen molar-refractivity contribution in [2.45, 2.75) is 46.3 Å². The van der Waals surface area contributed by atoms with E-state index in [1.54, 1.807) is 13.8 Å². The molecule has 0 bridgehead atoms. The zero-order valence-corrected chi connectivity index (χ0v) is 13.4. The molecule has 0 aliphatic rings.